The molecule has 0 aliphatic carbocycles. The van der Waals surface area contributed by atoms with Gasteiger partial charge in [0.25, 0.3) is 0 Å². The Kier molecular flexibility index (Phi) is 10.1. The van der Waals surface area contributed by atoms with Crippen LogP contribution in [0, 0.1) is 35.5 Å². The lowest BCUT2D eigenvalue weighted by molar-refractivity contribution is -0.140. The summed E-state index contributed by atoms with van der Waals surface area (Å²) in [5.74, 6) is 15.4. The zero-order valence-corrected chi connectivity index (χ0v) is 11.0. The molecule has 3 heteroatoms. The number of halogens is 1. The van der Waals surface area contributed by atoms with E-state index in [1.807, 2.05) is 13.0 Å². The number of ether oxygens (including phenoxy) is 1. The maximum atomic E-state index is 10.5. The van der Waals surface area contributed by atoms with Crippen LogP contribution in [0.3, 0.4) is 0 Å². The summed E-state index contributed by atoms with van der Waals surface area (Å²) in [6.07, 6.45) is 6.72. The van der Waals surface area contributed by atoms with Gasteiger partial charge in [-0.3, -0.25) is 4.79 Å². The molecule has 0 aromatic rings. The Balaban J connectivity index is 4.03. The Morgan fingerprint density at radius 2 is 1.83 bits per heavy atom. The van der Waals surface area contributed by atoms with Gasteiger partial charge in [0.1, 0.15) is 6.61 Å². The fourth-order valence-electron chi connectivity index (χ4n) is 0.706. The number of alkyl halides is 1. The van der Waals surface area contributed by atoms with Gasteiger partial charge < -0.3 is 4.74 Å². The van der Waals surface area contributed by atoms with Crippen LogP contribution >= 0.6 is 11.6 Å². The third-order valence-corrected chi connectivity index (χ3v) is 1.69. The predicted octanol–water partition coefficient (Wildman–Crippen LogP) is 2.30. The topological polar surface area (TPSA) is 26.3 Å². The van der Waals surface area contributed by atoms with Gasteiger partial charge in [-0.25, -0.2) is 0 Å². The van der Waals surface area contributed by atoms with Crippen LogP contribution in [0.5, 0.6) is 0 Å². The third-order valence-electron chi connectivity index (χ3n) is 1.42. The van der Waals surface area contributed by atoms with Crippen molar-refractivity contribution in [3.63, 3.8) is 0 Å². The molecule has 0 saturated heterocycles. The van der Waals surface area contributed by atoms with E-state index in [-0.39, 0.29) is 18.0 Å². The highest BCUT2D eigenvalue weighted by Crippen LogP contribution is 1.98. The quantitative estimate of drug-likeness (QED) is 0.442. The molecule has 0 amide bonds. The van der Waals surface area contributed by atoms with Gasteiger partial charge >= 0.3 is 5.97 Å². The second-order valence-corrected chi connectivity index (χ2v) is 3.53. The van der Waals surface area contributed by atoms with Crippen LogP contribution in [-0.4, -0.2) is 18.0 Å². The van der Waals surface area contributed by atoms with Crippen LogP contribution in [0.4, 0.5) is 0 Å². The van der Waals surface area contributed by atoms with E-state index in [1.165, 1.54) is 6.92 Å². The standard InChI is InChI=1S/C15H13ClO2/c1-3-4-5-6-7-8-9-10-11-12-15(16)13-18-14(2)17/h3-4,11-12,15H,13H2,1-2H3. The van der Waals surface area contributed by atoms with Gasteiger partial charge in [-0.2, -0.15) is 0 Å². The minimum atomic E-state index is -0.384. The highest BCUT2D eigenvalue weighted by Gasteiger charge is 2.00. The Bertz CT molecular complexity index is 496. The van der Waals surface area contributed by atoms with E-state index in [9.17, 15) is 4.79 Å². The normalized spacial score (nSPS) is 10.6. The van der Waals surface area contributed by atoms with Crippen LogP contribution < -0.4 is 0 Å². The monoisotopic (exact) mass is 260 g/mol. The van der Waals surface area contributed by atoms with Crippen molar-refractivity contribution in [1.29, 1.82) is 0 Å². The molecule has 0 bridgehead atoms. The first kappa shape index (κ1) is 15.9. The molecule has 0 aliphatic rings. The summed E-state index contributed by atoms with van der Waals surface area (Å²) < 4.78 is 4.71. The first-order valence-electron chi connectivity index (χ1n) is 5.23. The van der Waals surface area contributed by atoms with Gasteiger partial charge in [-0.05, 0) is 42.8 Å². The van der Waals surface area contributed by atoms with Crippen molar-refractivity contribution < 1.29 is 9.53 Å². The van der Waals surface area contributed by atoms with Crippen LogP contribution in [0.2, 0.25) is 0 Å². The first-order valence-corrected chi connectivity index (χ1v) is 5.66. The summed E-state index contributed by atoms with van der Waals surface area (Å²) >= 11 is 5.82. The largest absolute Gasteiger partial charge is 0.464 e. The summed E-state index contributed by atoms with van der Waals surface area (Å²) in [7, 11) is 0. The van der Waals surface area contributed by atoms with E-state index in [2.05, 4.69) is 35.5 Å². The molecule has 0 fully saturated rings. The second kappa shape index (κ2) is 11.4. The molecule has 0 radical (unpaired) electrons. The number of rotatable bonds is 3. The Labute approximate surface area is 113 Å². The van der Waals surface area contributed by atoms with Crippen molar-refractivity contribution >= 4 is 17.6 Å². The molecule has 0 aromatic carbocycles. The van der Waals surface area contributed by atoms with E-state index in [1.54, 1.807) is 18.2 Å². The number of esters is 1. The molecule has 2 nitrogen and oxygen atoms in total. The van der Waals surface area contributed by atoms with Crippen molar-refractivity contribution in [2.75, 3.05) is 6.61 Å². The minimum absolute atomic E-state index is 0.134. The average molecular weight is 261 g/mol. The number of allylic oxidation sites excluding steroid dienone is 3. The maximum absolute atomic E-state index is 10.5. The fourth-order valence-corrected chi connectivity index (χ4v) is 0.842. The molecule has 0 spiro atoms. The summed E-state index contributed by atoms with van der Waals surface area (Å²) in [6.45, 7) is 3.35. The molecule has 0 saturated carbocycles. The Morgan fingerprint density at radius 1 is 1.22 bits per heavy atom. The van der Waals surface area contributed by atoms with Crippen molar-refractivity contribution in [3.8, 4) is 35.5 Å². The van der Waals surface area contributed by atoms with Gasteiger partial charge in [0, 0.05) is 6.92 Å². The number of hydrogen-bond acceptors (Lipinski definition) is 2. The zero-order valence-electron chi connectivity index (χ0n) is 10.3. The average Bonchev–Trinajstić information content (AvgIpc) is 2.34. The van der Waals surface area contributed by atoms with Crippen LogP contribution in [0.15, 0.2) is 24.3 Å². The lowest BCUT2D eigenvalue weighted by Gasteiger charge is -2.02. The fraction of sp³-hybridized carbons (Fsp3) is 0.267. The molecule has 0 rings (SSSR count). The van der Waals surface area contributed by atoms with E-state index in [0.29, 0.717) is 0 Å². The highest BCUT2D eigenvalue weighted by atomic mass is 35.5. The predicted molar refractivity (Wildman–Crippen MR) is 73.6 cm³/mol. The third kappa shape index (κ3) is 12.0. The smallest absolute Gasteiger partial charge is 0.302 e. The number of carbonyl (C=O) groups excluding carboxylic acids is 1. The van der Waals surface area contributed by atoms with Crippen molar-refractivity contribution in [1.82, 2.24) is 0 Å². The number of carbonyl (C=O) groups is 1. The van der Waals surface area contributed by atoms with E-state index >= 15 is 0 Å². The van der Waals surface area contributed by atoms with Crippen molar-refractivity contribution in [2.45, 2.75) is 19.2 Å². The van der Waals surface area contributed by atoms with E-state index < -0.39 is 0 Å². The summed E-state index contributed by atoms with van der Waals surface area (Å²) in [4.78, 5) is 10.5. The molecule has 1 atom stereocenters. The first-order chi connectivity index (χ1) is 8.66. The van der Waals surface area contributed by atoms with Crippen LogP contribution in [0.25, 0.3) is 0 Å². The van der Waals surface area contributed by atoms with Crippen molar-refractivity contribution in [3.05, 3.63) is 24.3 Å². The summed E-state index contributed by atoms with van der Waals surface area (Å²) in [5.41, 5.74) is 0. The van der Waals surface area contributed by atoms with Gasteiger partial charge in [0.05, 0.1) is 5.38 Å². The summed E-state index contributed by atoms with van der Waals surface area (Å²) in [5, 5.41) is -0.384. The zero-order chi connectivity index (χ0) is 13.6. The molecule has 0 heterocycles. The van der Waals surface area contributed by atoms with Gasteiger partial charge in [-0.15, -0.1) is 11.6 Å². The molecule has 0 N–H and O–H groups in total. The molecule has 1 unspecified atom stereocenters. The maximum Gasteiger partial charge on any atom is 0.302 e. The van der Waals surface area contributed by atoms with Gasteiger partial charge in [0.2, 0.25) is 0 Å². The summed E-state index contributed by atoms with van der Waals surface area (Å²) in [6, 6.07) is 0. The Morgan fingerprint density at radius 3 is 2.39 bits per heavy atom. The van der Waals surface area contributed by atoms with E-state index in [0.717, 1.165) is 0 Å². The molecule has 0 aliphatic heterocycles. The SMILES string of the molecule is CC=CC#CC#CC#CC=CC(Cl)COC(C)=O. The van der Waals surface area contributed by atoms with Crippen molar-refractivity contribution in [2.24, 2.45) is 0 Å². The van der Waals surface area contributed by atoms with Crippen LogP contribution in [0.1, 0.15) is 13.8 Å². The molecule has 92 valence electrons. The highest BCUT2D eigenvalue weighted by molar-refractivity contribution is 6.22. The van der Waals surface area contributed by atoms with Gasteiger partial charge in [0.15, 0.2) is 0 Å². The molecular formula is C15H13ClO2. The molecular weight excluding hydrogens is 248 g/mol. The lowest BCUT2D eigenvalue weighted by Crippen LogP contribution is -2.09. The van der Waals surface area contributed by atoms with E-state index in [4.69, 9.17) is 16.3 Å². The minimum Gasteiger partial charge on any atom is -0.464 e. The number of hydrogen-bond donors (Lipinski definition) is 0. The Hall–Kier alpha value is -2.08. The molecule has 18 heavy (non-hydrogen) atoms. The molecule has 0 aromatic heterocycles. The lowest BCUT2D eigenvalue weighted by atomic mass is 10.4. The van der Waals surface area contributed by atoms with Gasteiger partial charge in [-0.1, -0.05) is 24.0 Å². The second-order valence-electron chi connectivity index (χ2n) is 2.97. The van der Waals surface area contributed by atoms with Crippen LogP contribution in [-0.2, 0) is 9.53 Å².